The van der Waals surface area contributed by atoms with E-state index in [9.17, 15) is 34.5 Å². The molecule has 0 aromatic rings. The van der Waals surface area contributed by atoms with E-state index in [0.29, 0.717) is 6.42 Å². The van der Waals surface area contributed by atoms with Gasteiger partial charge in [0.2, 0.25) is 0 Å². The van der Waals surface area contributed by atoms with Crippen molar-refractivity contribution in [2.45, 2.75) is 186 Å². The third-order valence-electron chi connectivity index (χ3n) is 11.2. The van der Waals surface area contributed by atoms with Gasteiger partial charge in [-0.1, -0.05) is 52.0 Å². The molecular formula is C43H71NO15. The van der Waals surface area contributed by atoms with Crippen molar-refractivity contribution in [2.75, 3.05) is 21.2 Å². The Balaban J connectivity index is 1.99. The summed E-state index contributed by atoms with van der Waals surface area (Å²) >= 11 is 0. The first-order chi connectivity index (χ1) is 27.7. The number of aliphatic hydroxyl groups excluding tert-OH is 2. The van der Waals surface area contributed by atoms with Crippen LogP contribution in [-0.2, 0) is 57.1 Å². The zero-order valence-electron chi connectivity index (χ0n) is 36.8. The summed E-state index contributed by atoms with van der Waals surface area (Å²) in [5, 5.41) is 34.7. The molecule has 3 rings (SSSR count). The molecule has 0 radical (unpaired) electrons. The average Bonchev–Trinajstić information content (AvgIpc) is 3.13. The molecule has 2 saturated heterocycles. The number of carbonyl (C=O) groups excluding carboxylic acids is 4. The number of esters is 3. The molecule has 3 N–H and O–H groups in total. The third kappa shape index (κ3) is 14.7. The summed E-state index contributed by atoms with van der Waals surface area (Å²) in [6, 6.07) is -0.782. The van der Waals surface area contributed by atoms with Gasteiger partial charge in [0.1, 0.15) is 42.4 Å². The summed E-state index contributed by atoms with van der Waals surface area (Å²) in [5.41, 5.74) is -1.50. The molecule has 16 atom stereocenters. The number of ether oxygens (including phenoxy) is 8. The second kappa shape index (κ2) is 23.4. The van der Waals surface area contributed by atoms with E-state index in [0.717, 1.165) is 6.29 Å². The first-order valence-corrected chi connectivity index (χ1v) is 21.0. The van der Waals surface area contributed by atoms with Gasteiger partial charge in [-0.3, -0.25) is 14.4 Å². The minimum atomic E-state index is -1.50. The summed E-state index contributed by atoms with van der Waals surface area (Å²) in [6.45, 7) is 14.0. The Morgan fingerprint density at radius 1 is 1.00 bits per heavy atom. The van der Waals surface area contributed by atoms with Crippen LogP contribution < -0.4 is 0 Å². The highest BCUT2D eigenvalue weighted by Crippen LogP contribution is 2.38. The molecule has 3 aliphatic heterocycles. The van der Waals surface area contributed by atoms with Gasteiger partial charge in [-0.15, -0.1) is 0 Å². The summed E-state index contributed by atoms with van der Waals surface area (Å²) in [6.07, 6.45) is -4.07. The summed E-state index contributed by atoms with van der Waals surface area (Å²) in [7, 11) is 4.87. The van der Waals surface area contributed by atoms with Gasteiger partial charge in [-0.05, 0) is 66.0 Å². The zero-order chi connectivity index (χ0) is 44.2. The number of cyclic esters (lactones) is 1. The van der Waals surface area contributed by atoms with Crippen LogP contribution in [0, 0.1) is 17.8 Å². The lowest BCUT2D eigenvalue weighted by Crippen LogP contribution is -2.66. The number of allylic oxidation sites excluding steroid dienone is 2. The van der Waals surface area contributed by atoms with Crippen molar-refractivity contribution in [3.8, 4) is 0 Å². The van der Waals surface area contributed by atoms with Crippen molar-refractivity contribution < 1.29 is 72.4 Å². The van der Waals surface area contributed by atoms with Crippen molar-refractivity contribution >= 4 is 24.2 Å². The number of nitrogens with zero attached hydrogens (tertiary/aromatic N) is 1. The predicted octanol–water partition coefficient (Wildman–Crippen LogP) is 3.40. The van der Waals surface area contributed by atoms with E-state index in [2.05, 4.69) is 0 Å². The lowest BCUT2D eigenvalue weighted by molar-refractivity contribution is -0.344. The summed E-state index contributed by atoms with van der Waals surface area (Å²) < 4.78 is 48.9. The fourth-order valence-electron chi connectivity index (χ4n) is 8.12. The van der Waals surface area contributed by atoms with Crippen LogP contribution in [0.4, 0.5) is 0 Å². The smallest absolute Gasteiger partial charge is 0.309 e. The highest BCUT2D eigenvalue weighted by atomic mass is 16.7. The molecule has 0 bridgehead atoms. The number of aldehydes is 1. The van der Waals surface area contributed by atoms with E-state index in [1.807, 2.05) is 26.8 Å². The standard InChI is InChI=1S/C43H71NO15/c1-12-32(47)56-31-22-34(49)53-26(5)16-14-13-15-17-30(46)25(4)21-29(18-19-45)39(40(31)52-11)59-42-37(50)36(44(9)10)38(27(6)55-42)58-35-23-43(8,51)41(28(7)54-35)57-33(48)20-24(2)3/h13-15,17,19,24-31,35-42,46,50-51H,12,16,18,20-23H2,1-11H3/b14-13+,17-15+/t25-,26-,27-,28+,29-,30+,31-,35+,36-,37-,38-,39-,40+,41+,42+,43-/m1/s1. The first-order valence-electron chi connectivity index (χ1n) is 21.0. The van der Waals surface area contributed by atoms with Crippen molar-refractivity contribution in [3.63, 3.8) is 0 Å². The van der Waals surface area contributed by atoms with Crippen LogP contribution in [0.1, 0.15) is 100 Å². The quantitative estimate of drug-likeness (QED) is 0.138. The molecule has 0 amide bonds. The molecule has 0 spiro atoms. The number of hydrogen-bond acceptors (Lipinski definition) is 16. The Labute approximate surface area is 349 Å². The van der Waals surface area contributed by atoms with Crippen LogP contribution in [0.3, 0.4) is 0 Å². The summed E-state index contributed by atoms with van der Waals surface area (Å²) in [5.74, 6) is -2.72. The molecule has 16 nitrogen and oxygen atoms in total. The maximum Gasteiger partial charge on any atom is 0.309 e. The number of carbonyl (C=O) groups is 4. The molecule has 0 aliphatic carbocycles. The minimum Gasteiger partial charge on any atom is -0.462 e. The predicted molar refractivity (Wildman–Crippen MR) is 214 cm³/mol. The zero-order valence-corrected chi connectivity index (χ0v) is 36.8. The Hall–Kier alpha value is -2.80. The average molecular weight is 842 g/mol. The first kappa shape index (κ1) is 50.6. The van der Waals surface area contributed by atoms with E-state index in [1.165, 1.54) is 7.11 Å². The van der Waals surface area contributed by atoms with E-state index in [4.69, 9.17) is 37.9 Å². The van der Waals surface area contributed by atoms with Crippen LogP contribution in [0.15, 0.2) is 24.3 Å². The molecular weight excluding hydrogens is 770 g/mol. The fraction of sp³-hybridized carbons (Fsp3) is 0.814. The highest BCUT2D eigenvalue weighted by molar-refractivity contribution is 5.72. The van der Waals surface area contributed by atoms with Gasteiger partial charge in [0.05, 0.1) is 36.9 Å². The number of hydrogen-bond donors (Lipinski definition) is 3. The van der Waals surface area contributed by atoms with E-state index in [-0.39, 0.29) is 38.0 Å². The Morgan fingerprint density at radius 2 is 1.69 bits per heavy atom. The van der Waals surface area contributed by atoms with Crippen LogP contribution in [0.2, 0.25) is 0 Å². The minimum absolute atomic E-state index is 0.00123. The van der Waals surface area contributed by atoms with Crippen molar-refractivity contribution in [1.29, 1.82) is 0 Å². The van der Waals surface area contributed by atoms with Crippen molar-refractivity contribution in [2.24, 2.45) is 17.8 Å². The third-order valence-corrected chi connectivity index (χ3v) is 11.2. The Bertz CT molecular complexity index is 1400. The number of methoxy groups -OCH3 is 1. The van der Waals surface area contributed by atoms with Gasteiger partial charge in [0, 0.05) is 39.2 Å². The molecule has 2 fully saturated rings. The van der Waals surface area contributed by atoms with Gasteiger partial charge in [0.15, 0.2) is 18.7 Å². The lowest BCUT2D eigenvalue weighted by atomic mass is 9.82. The molecule has 3 aliphatic rings. The van der Waals surface area contributed by atoms with Crippen molar-refractivity contribution in [1.82, 2.24) is 4.90 Å². The van der Waals surface area contributed by atoms with Gasteiger partial charge >= 0.3 is 17.9 Å². The molecule has 0 aromatic carbocycles. The van der Waals surface area contributed by atoms with Gasteiger partial charge in [0.25, 0.3) is 0 Å². The van der Waals surface area contributed by atoms with Crippen LogP contribution >= 0.6 is 0 Å². The Morgan fingerprint density at radius 3 is 2.29 bits per heavy atom. The normalized spacial score (nSPS) is 40.2. The molecule has 3 heterocycles. The van der Waals surface area contributed by atoms with E-state index < -0.39 is 121 Å². The maximum atomic E-state index is 13.3. The molecule has 0 saturated carbocycles. The SMILES string of the molecule is CCC(=O)O[C@@H]1CC(=O)O[C@H](C)C/C=C/C=C/[C@H](O)[C@H](C)C[C@@H](CC=O)[C@@H](O[C@@H]2O[C@H](C)[C@@H](O[C@H]3C[C@@](C)(O)[C@@H](OC(=O)CC(C)C)[C@H](C)O3)[C@H](N(C)C)[C@H]2O)[C@H]1OC. The van der Waals surface area contributed by atoms with E-state index in [1.54, 1.807) is 71.8 Å². The molecule has 338 valence electrons. The Kier molecular flexibility index (Phi) is 20.1. The van der Waals surface area contributed by atoms with Crippen LogP contribution in [0.25, 0.3) is 0 Å². The van der Waals surface area contributed by atoms with Gasteiger partial charge in [-0.2, -0.15) is 0 Å². The van der Waals surface area contributed by atoms with Gasteiger partial charge in [-0.25, -0.2) is 0 Å². The maximum absolute atomic E-state index is 13.3. The second-order valence-corrected chi connectivity index (χ2v) is 17.2. The second-order valence-electron chi connectivity index (χ2n) is 17.2. The number of aliphatic hydroxyl groups is 3. The van der Waals surface area contributed by atoms with E-state index >= 15 is 0 Å². The molecule has 16 heteroatoms. The number of rotatable bonds is 13. The highest BCUT2D eigenvalue weighted by Gasteiger charge is 2.53. The van der Waals surface area contributed by atoms with Crippen LogP contribution in [0.5, 0.6) is 0 Å². The van der Waals surface area contributed by atoms with Crippen LogP contribution in [-0.4, -0.2) is 151 Å². The number of likely N-dealkylation sites (N-methyl/N-ethyl adjacent to an activating group) is 1. The molecule has 59 heavy (non-hydrogen) atoms. The van der Waals surface area contributed by atoms with Gasteiger partial charge < -0.3 is 62.9 Å². The summed E-state index contributed by atoms with van der Waals surface area (Å²) in [4.78, 5) is 52.8. The largest absolute Gasteiger partial charge is 0.462 e. The van der Waals surface area contributed by atoms with Crippen molar-refractivity contribution in [3.05, 3.63) is 24.3 Å². The lowest BCUT2D eigenvalue weighted by Gasteiger charge is -2.50. The monoisotopic (exact) mass is 841 g/mol. The fourth-order valence-corrected chi connectivity index (χ4v) is 8.12. The molecule has 0 aromatic heterocycles. The topological polar surface area (TPSA) is 206 Å². The molecule has 0 unspecified atom stereocenters.